The van der Waals surface area contributed by atoms with E-state index in [1.54, 1.807) is 19.1 Å². The lowest BCUT2D eigenvalue weighted by molar-refractivity contribution is 0.567. The second-order valence-corrected chi connectivity index (χ2v) is 7.15. The van der Waals surface area contributed by atoms with Crippen LogP contribution in [0.4, 0.5) is 17.6 Å². The number of benzene rings is 3. The summed E-state index contributed by atoms with van der Waals surface area (Å²) < 4.78 is 55.3. The van der Waals surface area contributed by atoms with E-state index < -0.39 is 23.3 Å². The molecule has 0 saturated carbocycles. The summed E-state index contributed by atoms with van der Waals surface area (Å²) in [6, 6.07) is 8.37. The molecule has 0 N–H and O–H groups in total. The van der Waals surface area contributed by atoms with Crippen LogP contribution in [0, 0.1) is 74.6 Å². The zero-order chi connectivity index (χ0) is 22.0. The van der Waals surface area contributed by atoms with Crippen LogP contribution in [-0.2, 0) is 0 Å². The summed E-state index contributed by atoms with van der Waals surface area (Å²) in [4.78, 5) is 0. The van der Waals surface area contributed by atoms with Gasteiger partial charge < -0.3 is 0 Å². The maximum atomic E-state index is 14.0. The van der Waals surface area contributed by atoms with Crippen molar-refractivity contribution in [3.8, 4) is 23.7 Å². The first-order valence-electron chi connectivity index (χ1n) is 9.22. The van der Waals surface area contributed by atoms with Crippen molar-refractivity contribution in [2.45, 2.75) is 27.7 Å². The molecule has 0 amide bonds. The van der Waals surface area contributed by atoms with Crippen molar-refractivity contribution in [2.75, 3.05) is 0 Å². The smallest absolute Gasteiger partial charge is 0.142 e. The quantitative estimate of drug-likeness (QED) is 0.305. The van der Waals surface area contributed by atoms with Crippen LogP contribution in [0.1, 0.15) is 44.5 Å². The molecule has 150 valence electrons. The van der Waals surface area contributed by atoms with Crippen LogP contribution in [-0.4, -0.2) is 0 Å². The number of aryl methyl sites for hydroxylation is 3. The number of halogens is 4. The Kier molecular flexibility index (Phi) is 5.99. The fraction of sp³-hybridized carbons (Fsp3) is 0.154. The van der Waals surface area contributed by atoms with Crippen LogP contribution in [0.2, 0.25) is 0 Å². The van der Waals surface area contributed by atoms with Gasteiger partial charge >= 0.3 is 0 Å². The van der Waals surface area contributed by atoms with Crippen molar-refractivity contribution in [3.63, 3.8) is 0 Å². The van der Waals surface area contributed by atoms with Gasteiger partial charge in [0, 0.05) is 22.3 Å². The highest BCUT2D eigenvalue weighted by atomic mass is 19.1. The molecule has 4 heteroatoms. The zero-order valence-corrected chi connectivity index (χ0v) is 17.0. The summed E-state index contributed by atoms with van der Waals surface area (Å²) in [6.45, 7) is 6.62. The summed E-state index contributed by atoms with van der Waals surface area (Å²) in [5.74, 6) is 8.38. The zero-order valence-electron chi connectivity index (χ0n) is 17.0. The molecular formula is C26H18F4. The monoisotopic (exact) mass is 406 g/mol. The summed E-state index contributed by atoms with van der Waals surface area (Å²) in [6.07, 6.45) is 0. The summed E-state index contributed by atoms with van der Waals surface area (Å²) in [5, 5.41) is 0. The molecule has 0 aromatic heterocycles. The average molecular weight is 406 g/mol. The van der Waals surface area contributed by atoms with E-state index in [1.165, 1.54) is 31.2 Å². The van der Waals surface area contributed by atoms with Crippen LogP contribution >= 0.6 is 0 Å². The van der Waals surface area contributed by atoms with Crippen LogP contribution in [0.15, 0.2) is 36.4 Å². The maximum Gasteiger partial charge on any atom is 0.142 e. The molecule has 0 heterocycles. The van der Waals surface area contributed by atoms with Crippen molar-refractivity contribution >= 4 is 0 Å². The number of hydrogen-bond acceptors (Lipinski definition) is 0. The first-order chi connectivity index (χ1) is 14.2. The Morgan fingerprint density at radius 2 is 0.933 bits per heavy atom. The van der Waals surface area contributed by atoms with Crippen LogP contribution in [0.5, 0.6) is 0 Å². The first-order valence-corrected chi connectivity index (χ1v) is 9.22. The van der Waals surface area contributed by atoms with Gasteiger partial charge in [-0.05, 0) is 80.8 Å². The minimum atomic E-state index is -0.700. The van der Waals surface area contributed by atoms with E-state index in [0.29, 0.717) is 16.7 Å². The van der Waals surface area contributed by atoms with Gasteiger partial charge in [-0.25, -0.2) is 17.6 Å². The lowest BCUT2D eigenvalue weighted by Crippen LogP contribution is -1.93. The molecule has 0 aliphatic heterocycles. The van der Waals surface area contributed by atoms with E-state index >= 15 is 0 Å². The largest absolute Gasteiger partial charge is 0.207 e. The Morgan fingerprint density at radius 3 is 1.43 bits per heavy atom. The highest BCUT2D eigenvalue weighted by Gasteiger charge is 2.08. The lowest BCUT2D eigenvalue weighted by Gasteiger charge is -2.05. The molecule has 0 nitrogen and oxygen atoms in total. The van der Waals surface area contributed by atoms with Crippen molar-refractivity contribution in [1.82, 2.24) is 0 Å². The van der Waals surface area contributed by atoms with E-state index in [9.17, 15) is 17.6 Å². The third-order valence-electron chi connectivity index (χ3n) is 4.66. The maximum absolute atomic E-state index is 14.0. The molecule has 0 bridgehead atoms. The van der Waals surface area contributed by atoms with Crippen molar-refractivity contribution in [1.29, 1.82) is 0 Å². The Bertz CT molecular complexity index is 1210. The number of hydrogen-bond donors (Lipinski definition) is 0. The third kappa shape index (κ3) is 4.56. The fourth-order valence-electron chi connectivity index (χ4n) is 3.04. The minimum Gasteiger partial charge on any atom is -0.207 e. The molecule has 0 unspecified atom stereocenters. The molecule has 3 rings (SSSR count). The van der Waals surface area contributed by atoms with Gasteiger partial charge in [0.15, 0.2) is 0 Å². The molecule has 0 radical (unpaired) electrons. The van der Waals surface area contributed by atoms with E-state index in [-0.39, 0.29) is 16.7 Å². The van der Waals surface area contributed by atoms with Crippen molar-refractivity contribution in [3.05, 3.63) is 104 Å². The van der Waals surface area contributed by atoms with E-state index in [4.69, 9.17) is 0 Å². The molecule has 3 aromatic rings. The van der Waals surface area contributed by atoms with Gasteiger partial charge in [-0.1, -0.05) is 23.7 Å². The van der Waals surface area contributed by atoms with E-state index in [0.717, 1.165) is 11.1 Å². The fourth-order valence-corrected chi connectivity index (χ4v) is 3.04. The Balaban J connectivity index is 1.95. The molecule has 3 aromatic carbocycles. The molecular weight excluding hydrogens is 388 g/mol. The predicted molar refractivity (Wildman–Crippen MR) is 110 cm³/mol. The predicted octanol–water partition coefficient (Wildman–Crippen LogP) is 6.28. The van der Waals surface area contributed by atoms with Gasteiger partial charge in [-0.2, -0.15) is 0 Å². The van der Waals surface area contributed by atoms with Crippen LogP contribution in [0.3, 0.4) is 0 Å². The summed E-state index contributed by atoms with van der Waals surface area (Å²) >= 11 is 0. The molecule has 30 heavy (non-hydrogen) atoms. The van der Waals surface area contributed by atoms with Crippen LogP contribution < -0.4 is 0 Å². The van der Waals surface area contributed by atoms with E-state index in [2.05, 4.69) is 23.7 Å². The summed E-state index contributed by atoms with van der Waals surface area (Å²) in [7, 11) is 0. The van der Waals surface area contributed by atoms with Crippen molar-refractivity contribution in [2.24, 2.45) is 0 Å². The molecule has 0 aliphatic rings. The van der Waals surface area contributed by atoms with Crippen molar-refractivity contribution < 1.29 is 17.6 Å². The Hall–Kier alpha value is -3.50. The van der Waals surface area contributed by atoms with Gasteiger partial charge in [0.25, 0.3) is 0 Å². The minimum absolute atomic E-state index is 0.0442. The number of rotatable bonds is 0. The highest BCUT2D eigenvalue weighted by molar-refractivity contribution is 5.55. The van der Waals surface area contributed by atoms with Gasteiger partial charge in [-0.15, -0.1) is 0 Å². The lowest BCUT2D eigenvalue weighted by atomic mass is 9.99. The topological polar surface area (TPSA) is 0 Å². The standard InChI is InChI=1S/C26H18F4/c1-15-9-25(29)22(26(30)10-15)8-6-19-11-16(2)21(17(3)12-19)7-5-20-13-23(27)18(4)24(28)14-20/h9-14H,1-4H3. The Labute approximate surface area is 173 Å². The van der Waals surface area contributed by atoms with Gasteiger partial charge in [0.1, 0.15) is 23.3 Å². The van der Waals surface area contributed by atoms with Crippen LogP contribution in [0.25, 0.3) is 0 Å². The molecule has 0 spiro atoms. The molecule has 0 fully saturated rings. The van der Waals surface area contributed by atoms with Gasteiger partial charge in [0.2, 0.25) is 0 Å². The average Bonchev–Trinajstić information content (AvgIpc) is 2.64. The second kappa shape index (κ2) is 8.47. The first kappa shape index (κ1) is 21.2. The van der Waals surface area contributed by atoms with Gasteiger partial charge in [0.05, 0.1) is 5.56 Å². The SMILES string of the molecule is Cc1cc(F)c(C#Cc2cc(C)c(C#Cc3cc(F)c(C)c(F)c3)c(C)c2)c(F)c1. The third-order valence-corrected chi connectivity index (χ3v) is 4.66. The Morgan fingerprint density at radius 1 is 0.500 bits per heavy atom. The normalized spacial score (nSPS) is 10.1. The van der Waals surface area contributed by atoms with Gasteiger partial charge in [-0.3, -0.25) is 0 Å². The molecule has 0 atom stereocenters. The molecule has 0 saturated heterocycles. The second-order valence-electron chi connectivity index (χ2n) is 7.15. The molecule has 0 aliphatic carbocycles. The highest BCUT2D eigenvalue weighted by Crippen LogP contribution is 2.18. The summed E-state index contributed by atoms with van der Waals surface area (Å²) in [5.41, 5.74) is 3.29. The van der Waals surface area contributed by atoms with E-state index in [1.807, 2.05) is 13.8 Å².